The first kappa shape index (κ1) is 20.8. The average molecular weight is 417 g/mol. The molecule has 1 fully saturated rings. The molecule has 0 spiro atoms. The molecule has 6 nitrogen and oxygen atoms in total. The Bertz CT molecular complexity index is 995. The molecule has 31 heavy (non-hydrogen) atoms. The number of aryl methyl sites for hydroxylation is 1. The Labute approximate surface area is 183 Å². The number of carbonyl (C=O) groups excluding carboxylic acids is 1. The van der Waals surface area contributed by atoms with Gasteiger partial charge in [0.2, 0.25) is 0 Å². The second kappa shape index (κ2) is 9.60. The number of amides is 1. The minimum absolute atomic E-state index is 0.193. The molecule has 1 aliphatic rings. The van der Waals surface area contributed by atoms with Crippen LogP contribution in [0.3, 0.4) is 0 Å². The number of anilines is 2. The fourth-order valence-electron chi connectivity index (χ4n) is 3.62. The minimum atomic E-state index is -0.601. The Kier molecular flexibility index (Phi) is 6.46. The third kappa shape index (κ3) is 5.20. The number of ether oxygens (including phenoxy) is 1. The largest absolute Gasteiger partial charge is 0.481 e. The van der Waals surface area contributed by atoms with Crippen LogP contribution in [0.15, 0.2) is 60.7 Å². The van der Waals surface area contributed by atoms with Gasteiger partial charge in [-0.3, -0.25) is 4.79 Å². The zero-order valence-electron chi connectivity index (χ0n) is 18.0. The zero-order valence-corrected chi connectivity index (χ0v) is 18.0. The number of nitrogens with zero attached hydrogens (tertiary/aromatic N) is 3. The van der Waals surface area contributed by atoms with Crippen molar-refractivity contribution in [2.75, 3.05) is 23.3 Å². The van der Waals surface area contributed by atoms with E-state index in [1.54, 1.807) is 6.92 Å². The molecule has 2 aromatic carbocycles. The van der Waals surface area contributed by atoms with E-state index in [4.69, 9.17) is 4.74 Å². The number of hydrogen-bond acceptors (Lipinski definition) is 5. The number of nitrogens with one attached hydrogen (secondary N) is 1. The van der Waals surface area contributed by atoms with E-state index in [0.29, 0.717) is 11.4 Å². The highest BCUT2D eigenvalue weighted by Crippen LogP contribution is 2.23. The van der Waals surface area contributed by atoms with Crippen molar-refractivity contribution in [3.63, 3.8) is 0 Å². The molecule has 1 amide bonds. The second-order valence-electron chi connectivity index (χ2n) is 7.80. The Morgan fingerprint density at radius 3 is 2.32 bits per heavy atom. The number of benzene rings is 2. The summed E-state index contributed by atoms with van der Waals surface area (Å²) in [6, 6.07) is 19.4. The molecule has 1 unspecified atom stereocenters. The zero-order chi connectivity index (χ0) is 21.6. The van der Waals surface area contributed by atoms with Crippen molar-refractivity contribution >= 4 is 17.4 Å². The van der Waals surface area contributed by atoms with E-state index in [9.17, 15) is 4.79 Å². The highest BCUT2D eigenvalue weighted by molar-refractivity contribution is 5.94. The summed E-state index contributed by atoms with van der Waals surface area (Å²) in [6.07, 6.45) is 2.80. The lowest BCUT2D eigenvalue weighted by Crippen LogP contribution is -2.30. The second-order valence-corrected chi connectivity index (χ2v) is 7.80. The number of carbonyl (C=O) groups is 1. The lowest BCUT2D eigenvalue weighted by atomic mass is 10.1. The highest BCUT2D eigenvalue weighted by Gasteiger charge is 2.16. The summed E-state index contributed by atoms with van der Waals surface area (Å²) in [6.45, 7) is 5.95. The summed E-state index contributed by atoms with van der Waals surface area (Å²) >= 11 is 0. The maximum atomic E-state index is 12.5. The topological polar surface area (TPSA) is 67.3 Å². The molecule has 4 rings (SSSR count). The van der Waals surface area contributed by atoms with Crippen molar-refractivity contribution in [1.82, 2.24) is 10.2 Å². The van der Waals surface area contributed by atoms with Crippen LogP contribution in [0.4, 0.5) is 11.5 Å². The average Bonchev–Trinajstić information content (AvgIpc) is 3.35. The van der Waals surface area contributed by atoms with Crippen LogP contribution in [0.1, 0.15) is 32.3 Å². The molecule has 1 atom stereocenters. The van der Waals surface area contributed by atoms with E-state index >= 15 is 0 Å². The molecular formula is C25H28N4O2. The van der Waals surface area contributed by atoms with Gasteiger partial charge in [0.05, 0.1) is 5.69 Å². The maximum Gasteiger partial charge on any atom is 0.265 e. The van der Waals surface area contributed by atoms with Crippen LogP contribution in [-0.2, 0) is 11.2 Å². The first-order chi connectivity index (χ1) is 15.1. The van der Waals surface area contributed by atoms with Crippen molar-refractivity contribution < 1.29 is 9.53 Å². The van der Waals surface area contributed by atoms with E-state index in [0.717, 1.165) is 36.6 Å². The predicted molar refractivity (Wildman–Crippen MR) is 123 cm³/mol. The Morgan fingerprint density at radius 1 is 1.00 bits per heavy atom. The fourth-order valence-corrected chi connectivity index (χ4v) is 3.62. The number of aromatic nitrogens is 2. The van der Waals surface area contributed by atoms with Crippen molar-refractivity contribution in [2.24, 2.45) is 0 Å². The van der Waals surface area contributed by atoms with Crippen molar-refractivity contribution in [1.29, 1.82) is 0 Å². The van der Waals surface area contributed by atoms with Crippen LogP contribution in [0.5, 0.6) is 5.75 Å². The van der Waals surface area contributed by atoms with Crippen LogP contribution in [-0.4, -0.2) is 35.3 Å². The van der Waals surface area contributed by atoms with Crippen LogP contribution in [0.2, 0.25) is 0 Å². The summed E-state index contributed by atoms with van der Waals surface area (Å²) in [5.74, 6) is 1.43. The fraction of sp³-hybridized carbons (Fsp3) is 0.320. The van der Waals surface area contributed by atoms with Gasteiger partial charge in [0.1, 0.15) is 5.75 Å². The van der Waals surface area contributed by atoms with Gasteiger partial charge in [-0.2, -0.15) is 0 Å². The predicted octanol–water partition coefficient (Wildman–Crippen LogP) is 4.71. The molecule has 2 heterocycles. The summed E-state index contributed by atoms with van der Waals surface area (Å²) in [5, 5.41) is 11.6. The van der Waals surface area contributed by atoms with Gasteiger partial charge in [-0.15, -0.1) is 10.2 Å². The van der Waals surface area contributed by atoms with E-state index in [2.05, 4.69) is 27.3 Å². The standard InChI is InChI=1S/C25H28N4O2/c1-3-19-6-12-22(13-7-19)31-18(2)25(30)26-21-10-8-20(9-11-21)23-14-15-24(28-27-23)29-16-4-5-17-29/h6-15,18H,3-5,16-17H2,1-2H3,(H,26,30). The van der Waals surface area contributed by atoms with Gasteiger partial charge in [-0.05, 0) is 68.1 Å². The third-order valence-electron chi connectivity index (χ3n) is 5.54. The van der Waals surface area contributed by atoms with Gasteiger partial charge >= 0.3 is 0 Å². The number of rotatable bonds is 7. The molecule has 0 radical (unpaired) electrons. The van der Waals surface area contributed by atoms with Crippen LogP contribution in [0.25, 0.3) is 11.3 Å². The molecule has 0 bridgehead atoms. The van der Waals surface area contributed by atoms with Gasteiger partial charge in [0.25, 0.3) is 5.91 Å². The molecule has 1 N–H and O–H groups in total. The Morgan fingerprint density at radius 2 is 1.71 bits per heavy atom. The maximum absolute atomic E-state index is 12.5. The van der Waals surface area contributed by atoms with Gasteiger partial charge < -0.3 is 15.0 Å². The molecule has 1 aromatic heterocycles. The Hall–Kier alpha value is -3.41. The normalized spacial score (nSPS) is 14.3. The van der Waals surface area contributed by atoms with Gasteiger partial charge in [0, 0.05) is 24.3 Å². The van der Waals surface area contributed by atoms with Crippen molar-refractivity contribution in [2.45, 2.75) is 39.2 Å². The molecule has 3 aromatic rings. The van der Waals surface area contributed by atoms with E-state index in [1.165, 1.54) is 18.4 Å². The summed E-state index contributed by atoms with van der Waals surface area (Å²) in [7, 11) is 0. The highest BCUT2D eigenvalue weighted by atomic mass is 16.5. The van der Waals surface area contributed by atoms with Gasteiger partial charge in [-0.25, -0.2) is 0 Å². The first-order valence-corrected chi connectivity index (χ1v) is 10.9. The van der Waals surface area contributed by atoms with E-state index < -0.39 is 6.10 Å². The first-order valence-electron chi connectivity index (χ1n) is 10.9. The molecule has 0 saturated carbocycles. The third-order valence-corrected chi connectivity index (χ3v) is 5.54. The molecule has 160 valence electrons. The summed E-state index contributed by atoms with van der Waals surface area (Å²) < 4.78 is 5.76. The van der Waals surface area contributed by atoms with Crippen LogP contribution in [0, 0.1) is 0 Å². The monoisotopic (exact) mass is 416 g/mol. The van der Waals surface area contributed by atoms with Crippen LogP contribution < -0.4 is 15.0 Å². The minimum Gasteiger partial charge on any atom is -0.481 e. The molecular weight excluding hydrogens is 388 g/mol. The molecule has 1 aliphatic heterocycles. The quantitative estimate of drug-likeness (QED) is 0.604. The van der Waals surface area contributed by atoms with Crippen molar-refractivity contribution in [3.8, 4) is 17.0 Å². The van der Waals surface area contributed by atoms with Gasteiger partial charge in [-0.1, -0.05) is 31.2 Å². The van der Waals surface area contributed by atoms with E-state index in [-0.39, 0.29) is 5.91 Å². The van der Waals surface area contributed by atoms with Crippen LogP contribution >= 0.6 is 0 Å². The SMILES string of the molecule is CCc1ccc(OC(C)C(=O)Nc2ccc(-c3ccc(N4CCCC4)nn3)cc2)cc1. The molecule has 1 saturated heterocycles. The van der Waals surface area contributed by atoms with Gasteiger partial charge in [0.15, 0.2) is 11.9 Å². The smallest absolute Gasteiger partial charge is 0.265 e. The number of hydrogen-bond donors (Lipinski definition) is 1. The van der Waals surface area contributed by atoms with Crippen molar-refractivity contribution in [3.05, 3.63) is 66.2 Å². The molecule has 0 aliphatic carbocycles. The lowest BCUT2D eigenvalue weighted by Gasteiger charge is -2.16. The van der Waals surface area contributed by atoms with E-state index in [1.807, 2.05) is 60.7 Å². The summed E-state index contributed by atoms with van der Waals surface area (Å²) in [4.78, 5) is 14.8. The summed E-state index contributed by atoms with van der Waals surface area (Å²) in [5.41, 5.74) is 3.72. The molecule has 6 heteroatoms. The lowest BCUT2D eigenvalue weighted by molar-refractivity contribution is -0.122. The Balaban J connectivity index is 1.34.